The Bertz CT molecular complexity index is 1680. The fraction of sp³-hybridized carbons (Fsp3) is 0.851. The summed E-state index contributed by atoms with van der Waals surface area (Å²) in [6.07, 6.45) is 5.86. The molecule has 384 valence electrons. The number of ether oxygens (including phenoxy) is 2. The number of thioether (sulfide) groups is 1. The molecule has 9 atom stereocenters. The Labute approximate surface area is 405 Å². The Kier molecular flexibility index (Phi) is 22.9. The van der Waals surface area contributed by atoms with E-state index in [2.05, 4.69) is 65.8 Å². The Hall–Kier alpha value is -3.46. The fourth-order valence-electron chi connectivity index (χ4n) is 8.10. The molecule has 18 nitrogen and oxygen atoms in total. The number of nitrogens with zero attached hydrogens (tertiary/aromatic N) is 2. The van der Waals surface area contributed by atoms with Gasteiger partial charge in [-0.3, -0.25) is 33.7 Å². The summed E-state index contributed by atoms with van der Waals surface area (Å²) in [5, 5.41) is 17.2. The van der Waals surface area contributed by atoms with Crippen molar-refractivity contribution in [1.82, 2.24) is 41.7 Å². The molecule has 6 N–H and O–H groups in total. The minimum absolute atomic E-state index is 0.143. The average molecular weight is 983 g/mol. The van der Waals surface area contributed by atoms with Crippen LogP contribution in [0.25, 0.3) is 0 Å². The van der Waals surface area contributed by atoms with Crippen LogP contribution < -0.4 is 31.9 Å². The maximum atomic E-state index is 14.7. The van der Waals surface area contributed by atoms with E-state index >= 15 is 0 Å². The van der Waals surface area contributed by atoms with E-state index in [0.717, 1.165) is 25.7 Å². The largest absolute Gasteiger partial charge is 0.444 e. The summed E-state index contributed by atoms with van der Waals surface area (Å²) in [6.45, 7) is 24.8. The quantitative estimate of drug-likeness (QED) is 0.0580. The molecule has 0 bridgehead atoms. The first-order valence-electron chi connectivity index (χ1n) is 24.7. The van der Waals surface area contributed by atoms with Crippen molar-refractivity contribution in [2.75, 3.05) is 44.9 Å². The normalized spacial score (nSPS) is 26.5. The van der Waals surface area contributed by atoms with Crippen molar-refractivity contribution in [3.05, 3.63) is 0 Å². The molecule has 3 rings (SSSR count). The van der Waals surface area contributed by atoms with Crippen LogP contribution in [0.15, 0.2) is 0 Å². The van der Waals surface area contributed by atoms with Crippen molar-refractivity contribution in [2.24, 2.45) is 0 Å². The molecule has 7 amide bonds. The van der Waals surface area contributed by atoms with Gasteiger partial charge >= 0.3 is 6.09 Å². The monoisotopic (exact) mass is 983 g/mol. The lowest BCUT2D eigenvalue weighted by Crippen LogP contribution is -2.62. The minimum Gasteiger partial charge on any atom is -0.444 e. The van der Waals surface area contributed by atoms with E-state index in [4.69, 9.17) is 13.9 Å². The molecule has 0 aromatic carbocycles. The fourth-order valence-corrected chi connectivity index (χ4v) is 9.59. The van der Waals surface area contributed by atoms with Crippen LogP contribution in [0.3, 0.4) is 0 Å². The number of rotatable bonds is 20. The van der Waals surface area contributed by atoms with Crippen LogP contribution in [0.4, 0.5) is 4.79 Å². The van der Waals surface area contributed by atoms with Gasteiger partial charge in [0, 0.05) is 19.7 Å². The number of carbonyl (C=O) groups excluding carboxylic acids is 7. The lowest BCUT2D eigenvalue weighted by atomic mass is 10.0. The van der Waals surface area contributed by atoms with Gasteiger partial charge < -0.3 is 50.7 Å². The van der Waals surface area contributed by atoms with Crippen molar-refractivity contribution >= 4 is 61.6 Å². The van der Waals surface area contributed by atoms with Gasteiger partial charge in [0.25, 0.3) is 0 Å². The molecule has 0 aromatic heterocycles. The standard InChI is InChI=1S/C47H86N8O10SSi/c1-14-16-24-48-43(60)38-37-35(29-64-67(12,13)47(8,9)10)55(37)44(61)30(3)50-39(56)32(21-18-19-25-49-45(62)65-46(5,6)7)51-40(57)33(23-28-66-11)52-42(59)36(31(4)63-27-17-15-2)53-41(58)34-22-20-26-54(34)38/h30-38H,14-29H2,1-13H3,(H,48,60)(H,49,62)(H,50,56)(H,51,57)(H,52,59)(H,53,58)/t30-,31+,32-,33-,34-,35+,36-,37?,38+,55?/m0/s1. The van der Waals surface area contributed by atoms with Gasteiger partial charge in [0.1, 0.15) is 35.8 Å². The van der Waals surface area contributed by atoms with Gasteiger partial charge in [0.2, 0.25) is 35.4 Å². The molecule has 3 fully saturated rings. The lowest BCUT2D eigenvalue weighted by Gasteiger charge is -2.36. The number of fused-ring (bicyclic) bond motifs is 2. The van der Waals surface area contributed by atoms with E-state index in [9.17, 15) is 33.6 Å². The highest BCUT2D eigenvalue weighted by molar-refractivity contribution is 7.98. The number of hydrogen-bond donors (Lipinski definition) is 6. The number of carbonyl (C=O) groups is 7. The molecule has 3 aliphatic rings. The maximum Gasteiger partial charge on any atom is 0.407 e. The molecule has 3 aliphatic heterocycles. The van der Waals surface area contributed by atoms with Crippen LogP contribution in [0.5, 0.6) is 0 Å². The number of alkyl carbamates (subject to hydrolysis) is 1. The van der Waals surface area contributed by atoms with Crippen LogP contribution >= 0.6 is 11.8 Å². The molecule has 0 radical (unpaired) electrons. The average Bonchev–Trinajstić information content (AvgIpc) is 3.72. The zero-order valence-electron chi connectivity index (χ0n) is 42.9. The summed E-state index contributed by atoms with van der Waals surface area (Å²) in [6, 6.07) is -7.55. The van der Waals surface area contributed by atoms with E-state index in [1.807, 2.05) is 25.0 Å². The molecule has 0 aliphatic carbocycles. The highest BCUT2D eigenvalue weighted by atomic mass is 32.2. The Morgan fingerprint density at radius 3 is 2.09 bits per heavy atom. The van der Waals surface area contributed by atoms with E-state index in [1.54, 1.807) is 39.5 Å². The molecule has 20 heteroatoms. The summed E-state index contributed by atoms with van der Waals surface area (Å²) in [5.74, 6) is -2.54. The van der Waals surface area contributed by atoms with Gasteiger partial charge in [-0.1, -0.05) is 47.5 Å². The zero-order valence-corrected chi connectivity index (χ0v) is 44.7. The topological polar surface area (TPSA) is 226 Å². The first-order chi connectivity index (χ1) is 31.4. The van der Waals surface area contributed by atoms with Crippen molar-refractivity contribution in [1.29, 1.82) is 0 Å². The summed E-state index contributed by atoms with van der Waals surface area (Å²) in [7, 11) is -2.36. The predicted octanol–water partition coefficient (Wildman–Crippen LogP) is 3.96. The summed E-state index contributed by atoms with van der Waals surface area (Å²) in [4.78, 5) is 103. The summed E-state index contributed by atoms with van der Waals surface area (Å²) >= 11 is 1.48. The van der Waals surface area contributed by atoms with Crippen molar-refractivity contribution in [2.45, 2.75) is 212 Å². The van der Waals surface area contributed by atoms with Crippen LogP contribution in [-0.2, 0) is 42.7 Å². The number of amides is 7. The minimum atomic E-state index is -2.36. The molecule has 0 spiro atoms. The van der Waals surface area contributed by atoms with Gasteiger partial charge in [-0.15, -0.1) is 0 Å². The van der Waals surface area contributed by atoms with Crippen molar-refractivity contribution in [3.8, 4) is 0 Å². The third-order valence-electron chi connectivity index (χ3n) is 13.2. The zero-order chi connectivity index (χ0) is 50.3. The summed E-state index contributed by atoms with van der Waals surface area (Å²) in [5.41, 5.74) is -0.677. The maximum absolute atomic E-state index is 14.7. The van der Waals surface area contributed by atoms with E-state index in [-0.39, 0.29) is 36.9 Å². The first kappa shape index (κ1) is 57.9. The molecule has 3 heterocycles. The number of nitrogens with one attached hydrogen (secondary N) is 6. The second-order valence-electron chi connectivity index (χ2n) is 20.8. The molecule has 3 saturated heterocycles. The SMILES string of the molecule is CCCCNC(=O)[C@H]1C2[C@@H](CO[Si](C)(C)C(C)(C)C)N2C(=O)[C@H](C)NC(=O)[C@H](CCCCNC(=O)OC(C)(C)C)NC(=O)[C@H](CCSC)NC(=O)[C@H]([C@@H](C)OCCCC)NC(=O)[C@@H]2CCCN21. The van der Waals surface area contributed by atoms with Crippen molar-refractivity contribution < 1.29 is 47.5 Å². The van der Waals surface area contributed by atoms with Crippen LogP contribution in [0.1, 0.15) is 133 Å². The molecule has 1 unspecified atom stereocenters. The Balaban J connectivity index is 2.14. The first-order valence-corrected chi connectivity index (χ1v) is 29.0. The highest BCUT2D eigenvalue weighted by Crippen LogP contribution is 2.41. The van der Waals surface area contributed by atoms with E-state index in [0.29, 0.717) is 51.1 Å². The second kappa shape index (κ2) is 26.5. The van der Waals surface area contributed by atoms with Gasteiger partial charge in [0.05, 0.1) is 30.8 Å². The number of hydrogen-bond acceptors (Lipinski definition) is 12. The van der Waals surface area contributed by atoms with Crippen LogP contribution in [-0.4, -0.2) is 165 Å². The van der Waals surface area contributed by atoms with Crippen LogP contribution in [0, 0.1) is 0 Å². The molecular formula is C47H86N8O10SSi. The van der Waals surface area contributed by atoms with Gasteiger partial charge in [0.15, 0.2) is 8.32 Å². The second-order valence-corrected chi connectivity index (χ2v) is 26.6. The highest BCUT2D eigenvalue weighted by Gasteiger charge is 2.61. The van der Waals surface area contributed by atoms with E-state index < -0.39 is 104 Å². The predicted molar refractivity (Wildman–Crippen MR) is 264 cm³/mol. The Morgan fingerprint density at radius 1 is 0.836 bits per heavy atom. The third-order valence-corrected chi connectivity index (χ3v) is 18.3. The number of unbranched alkanes of at least 4 members (excludes halogenated alkanes) is 3. The third kappa shape index (κ3) is 17.5. The Morgan fingerprint density at radius 2 is 1.46 bits per heavy atom. The molecule has 0 aromatic rings. The molecule has 0 saturated carbocycles. The van der Waals surface area contributed by atoms with Gasteiger partial charge in [-0.05, 0) is 123 Å². The molecular weight excluding hydrogens is 897 g/mol. The van der Waals surface area contributed by atoms with Gasteiger partial charge in [-0.25, -0.2) is 4.79 Å². The summed E-state index contributed by atoms with van der Waals surface area (Å²) < 4.78 is 18.2. The molecule has 67 heavy (non-hydrogen) atoms. The lowest BCUT2D eigenvalue weighted by molar-refractivity contribution is -0.139. The smallest absolute Gasteiger partial charge is 0.407 e. The van der Waals surface area contributed by atoms with Crippen molar-refractivity contribution in [3.63, 3.8) is 0 Å². The van der Waals surface area contributed by atoms with E-state index in [1.165, 1.54) is 11.8 Å². The van der Waals surface area contributed by atoms with Gasteiger partial charge in [-0.2, -0.15) is 11.8 Å². The van der Waals surface area contributed by atoms with Crippen LogP contribution in [0.2, 0.25) is 18.1 Å².